The van der Waals surface area contributed by atoms with Gasteiger partial charge in [0.05, 0.1) is 0 Å². The number of rotatable bonds is 1. The first-order valence-electron chi connectivity index (χ1n) is 7.52. The number of aromatic nitrogens is 2. The number of benzene rings is 3. The summed E-state index contributed by atoms with van der Waals surface area (Å²) in [5, 5.41) is 0. The van der Waals surface area contributed by atoms with Gasteiger partial charge in [-0.3, -0.25) is 0 Å². The summed E-state index contributed by atoms with van der Waals surface area (Å²) in [6, 6.07) is 23.1. The van der Waals surface area contributed by atoms with E-state index in [0.717, 1.165) is 22.1 Å². The SMILES string of the molecule is Cc1cccc(-[n+]2c3ccccc3nc3ccccc32)c1C. The van der Waals surface area contributed by atoms with Crippen molar-refractivity contribution < 1.29 is 4.57 Å². The highest BCUT2D eigenvalue weighted by molar-refractivity contribution is 5.82. The molecule has 0 aliphatic heterocycles. The van der Waals surface area contributed by atoms with Crippen molar-refractivity contribution in [3.05, 3.63) is 77.9 Å². The van der Waals surface area contributed by atoms with Gasteiger partial charge in [-0.15, -0.1) is 4.57 Å². The van der Waals surface area contributed by atoms with Gasteiger partial charge in [0.1, 0.15) is 11.0 Å². The van der Waals surface area contributed by atoms with Gasteiger partial charge in [-0.2, -0.15) is 0 Å². The first kappa shape index (κ1) is 13.0. The van der Waals surface area contributed by atoms with E-state index in [0.29, 0.717) is 0 Å². The average molecular weight is 285 g/mol. The van der Waals surface area contributed by atoms with E-state index >= 15 is 0 Å². The minimum atomic E-state index is 1.02. The van der Waals surface area contributed by atoms with E-state index < -0.39 is 0 Å². The highest BCUT2D eigenvalue weighted by Gasteiger charge is 2.20. The topological polar surface area (TPSA) is 16.8 Å². The predicted octanol–water partition coefficient (Wildman–Crippen LogP) is 4.28. The molecule has 0 aliphatic carbocycles. The molecule has 22 heavy (non-hydrogen) atoms. The molecule has 0 aliphatic rings. The molecule has 0 atom stereocenters. The molecule has 0 radical (unpaired) electrons. The molecule has 0 spiro atoms. The zero-order valence-electron chi connectivity index (χ0n) is 12.7. The van der Waals surface area contributed by atoms with Crippen molar-refractivity contribution >= 4 is 22.1 Å². The third-order valence-corrected chi connectivity index (χ3v) is 4.30. The molecule has 0 N–H and O–H groups in total. The second kappa shape index (κ2) is 4.92. The van der Waals surface area contributed by atoms with Gasteiger partial charge in [0.15, 0.2) is 0 Å². The van der Waals surface area contributed by atoms with Crippen LogP contribution in [-0.4, -0.2) is 4.98 Å². The van der Waals surface area contributed by atoms with Crippen molar-refractivity contribution in [3.8, 4) is 5.69 Å². The molecule has 0 unspecified atom stereocenters. The summed E-state index contributed by atoms with van der Waals surface area (Å²) < 4.78 is 2.32. The van der Waals surface area contributed by atoms with E-state index in [1.165, 1.54) is 16.8 Å². The number of para-hydroxylation sites is 4. The number of hydrogen-bond donors (Lipinski definition) is 0. The van der Waals surface area contributed by atoms with Crippen LogP contribution in [0.3, 0.4) is 0 Å². The van der Waals surface area contributed by atoms with E-state index in [9.17, 15) is 0 Å². The smallest absolute Gasteiger partial charge is 0.235 e. The first-order chi connectivity index (χ1) is 10.8. The van der Waals surface area contributed by atoms with Gasteiger partial charge in [-0.1, -0.05) is 36.4 Å². The molecule has 0 saturated carbocycles. The fourth-order valence-electron chi connectivity index (χ4n) is 2.99. The molecule has 4 aromatic rings. The van der Waals surface area contributed by atoms with Crippen molar-refractivity contribution in [2.45, 2.75) is 13.8 Å². The maximum atomic E-state index is 4.80. The molecule has 1 aromatic heterocycles. The second-order valence-corrected chi connectivity index (χ2v) is 5.64. The van der Waals surface area contributed by atoms with Gasteiger partial charge >= 0.3 is 0 Å². The van der Waals surface area contributed by atoms with Crippen LogP contribution in [0.2, 0.25) is 0 Å². The van der Waals surface area contributed by atoms with Gasteiger partial charge in [-0.25, -0.2) is 4.98 Å². The molecular formula is C20H17N2+. The van der Waals surface area contributed by atoms with E-state index in [1.54, 1.807) is 0 Å². The third kappa shape index (κ3) is 1.88. The van der Waals surface area contributed by atoms with Crippen molar-refractivity contribution in [1.82, 2.24) is 4.98 Å². The Morgan fingerprint density at radius 2 is 1.27 bits per heavy atom. The lowest BCUT2D eigenvalue weighted by Crippen LogP contribution is -2.34. The largest absolute Gasteiger partial charge is 0.237 e. The van der Waals surface area contributed by atoms with Crippen LogP contribution in [0.4, 0.5) is 0 Å². The minimum absolute atomic E-state index is 1.02. The van der Waals surface area contributed by atoms with Crippen LogP contribution in [0.5, 0.6) is 0 Å². The number of fused-ring (bicyclic) bond motifs is 2. The Morgan fingerprint density at radius 3 is 1.91 bits per heavy atom. The fraction of sp³-hybridized carbons (Fsp3) is 0.100. The Balaban J connectivity index is 2.24. The number of hydrogen-bond acceptors (Lipinski definition) is 1. The van der Waals surface area contributed by atoms with Crippen molar-refractivity contribution in [2.75, 3.05) is 0 Å². The molecule has 2 nitrogen and oxygen atoms in total. The van der Waals surface area contributed by atoms with Crippen molar-refractivity contribution in [1.29, 1.82) is 0 Å². The lowest BCUT2D eigenvalue weighted by Gasteiger charge is -2.08. The van der Waals surface area contributed by atoms with E-state index in [4.69, 9.17) is 4.98 Å². The summed E-state index contributed by atoms with van der Waals surface area (Å²) in [5.74, 6) is 0. The van der Waals surface area contributed by atoms with Gasteiger partial charge in [0.2, 0.25) is 16.7 Å². The highest BCUT2D eigenvalue weighted by Crippen LogP contribution is 2.20. The number of nitrogens with zero attached hydrogens (tertiary/aromatic N) is 2. The van der Waals surface area contributed by atoms with Crippen LogP contribution in [0.15, 0.2) is 66.7 Å². The zero-order chi connectivity index (χ0) is 15.1. The Bertz CT molecular complexity index is 949. The molecule has 4 rings (SSSR count). The molecule has 0 bridgehead atoms. The standard InChI is InChI=1S/C20H17N2/c1-14-8-7-13-18(15(14)2)22-19-11-5-3-9-16(19)21-17-10-4-6-12-20(17)22/h3-13H,1-2H3/q+1. The summed E-state index contributed by atoms with van der Waals surface area (Å²) in [7, 11) is 0. The van der Waals surface area contributed by atoms with Crippen LogP contribution < -0.4 is 4.57 Å². The monoisotopic (exact) mass is 285 g/mol. The Hall–Kier alpha value is -2.74. The summed E-state index contributed by atoms with van der Waals surface area (Å²) in [4.78, 5) is 4.80. The lowest BCUT2D eigenvalue weighted by molar-refractivity contribution is -0.538. The minimum Gasteiger partial charge on any atom is -0.235 e. The molecule has 2 heteroatoms. The van der Waals surface area contributed by atoms with Crippen LogP contribution in [0.1, 0.15) is 11.1 Å². The normalized spacial score (nSPS) is 11.2. The molecule has 0 amide bonds. The van der Waals surface area contributed by atoms with Gasteiger partial charge in [0.25, 0.3) is 0 Å². The maximum Gasteiger partial charge on any atom is 0.237 e. The number of aryl methyl sites for hydroxylation is 1. The van der Waals surface area contributed by atoms with Gasteiger partial charge in [0, 0.05) is 23.8 Å². The fourth-order valence-corrected chi connectivity index (χ4v) is 2.99. The molecule has 0 fully saturated rings. The Morgan fingerprint density at radius 1 is 0.682 bits per heavy atom. The third-order valence-electron chi connectivity index (χ3n) is 4.30. The maximum absolute atomic E-state index is 4.80. The molecule has 106 valence electrons. The lowest BCUT2D eigenvalue weighted by atomic mass is 10.1. The Kier molecular flexibility index (Phi) is 2.90. The highest BCUT2D eigenvalue weighted by atomic mass is 15.0. The summed E-state index contributed by atoms with van der Waals surface area (Å²) in [6.45, 7) is 4.34. The van der Waals surface area contributed by atoms with Crippen LogP contribution in [-0.2, 0) is 0 Å². The summed E-state index contributed by atoms with van der Waals surface area (Å²) in [5.41, 5.74) is 8.12. The molecule has 0 saturated heterocycles. The molecular weight excluding hydrogens is 268 g/mol. The van der Waals surface area contributed by atoms with E-state index in [1.807, 2.05) is 12.1 Å². The van der Waals surface area contributed by atoms with Gasteiger partial charge < -0.3 is 0 Å². The second-order valence-electron chi connectivity index (χ2n) is 5.64. The van der Waals surface area contributed by atoms with Gasteiger partial charge in [-0.05, 0) is 31.5 Å². The Labute approximate surface area is 129 Å². The molecule has 3 aromatic carbocycles. The summed E-state index contributed by atoms with van der Waals surface area (Å²) >= 11 is 0. The van der Waals surface area contributed by atoms with E-state index in [2.05, 4.69) is 73.0 Å². The first-order valence-corrected chi connectivity index (χ1v) is 7.52. The van der Waals surface area contributed by atoms with Crippen molar-refractivity contribution in [2.24, 2.45) is 0 Å². The summed E-state index contributed by atoms with van der Waals surface area (Å²) in [6.07, 6.45) is 0. The zero-order valence-corrected chi connectivity index (χ0v) is 12.7. The average Bonchev–Trinajstić information content (AvgIpc) is 2.55. The van der Waals surface area contributed by atoms with Crippen molar-refractivity contribution in [3.63, 3.8) is 0 Å². The van der Waals surface area contributed by atoms with Crippen LogP contribution in [0.25, 0.3) is 27.8 Å². The predicted molar refractivity (Wildman–Crippen MR) is 90.3 cm³/mol. The van der Waals surface area contributed by atoms with Crippen LogP contribution in [0, 0.1) is 13.8 Å². The quantitative estimate of drug-likeness (QED) is 0.377. The van der Waals surface area contributed by atoms with E-state index in [-0.39, 0.29) is 0 Å². The van der Waals surface area contributed by atoms with Crippen LogP contribution >= 0.6 is 0 Å². The molecule has 1 heterocycles.